The Balaban J connectivity index is 1.69. The van der Waals surface area contributed by atoms with E-state index in [1.165, 1.54) is 22.3 Å². The van der Waals surface area contributed by atoms with Crippen molar-refractivity contribution >= 4 is 33.7 Å². The lowest BCUT2D eigenvalue weighted by molar-refractivity contribution is -0.114. The first-order valence-electron chi connectivity index (χ1n) is 8.90. The Morgan fingerprint density at radius 3 is 2.81 bits per heavy atom. The van der Waals surface area contributed by atoms with Gasteiger partial charge in [0.2, 0.25) is 10.9 Å². The molecular formula is C18H20N6O2S. The van der Waals surface area contributed by atoms with Crippen molar-refractivity contribution in [1.82, 2.24) is 14.6 Å². The lowest BCUT2D eigenvalue weighted by Gasteiger charge is -2.27. The number of carbonyl (C=O) groups excluding carboxylic acids is 1. The van der Waals surface area contributed by atoms with E-state index in [2.05, 4.69) is 20.3 Å². The number of carbonyl (C=O) groups is 1. The maximum absolute atomic E-state index is 12.5. The first-order chi connectivity index (χ1) is 13.1. The standard InChI is InChI=1S/C18H20N6O2S/c19-11-15(25)20-13-6-4-5-12(9-13)17-22-24-16(26)10-14(21-18(24)27-17)23-7-2-1-3-8-23/h4-6,9-10H,1-3,7-8,11,19H2,(H,20,25). The van der Waals surface area contributed by atoms with Crippen LogP contribution in [0.1, 0.15) is 19.3 Å². The molecule has 1 fully saturated rings. The van der Waals surface area contributed by atoms with Gasteiger partial charge in [0, 0.05) is 30.4 Å². The van der Waals surface area contributed by atoms with E-state index in [9.17, 15) is 9.59 Å². The summed E-state index contributed by atoms with van der Waals surface area (Å²) in [5, 5.41) is 7.80. The third kappa shape index (κ3) is 3.69. The van der Waals surface area contributed by atoms with E-state index in [4.69, 9.17) is 5.73 Å². The summed E-state index contributed by atoms with van der Waals surface area (Å²) in [5.41, 5.74) is 6.60. The Morgan fingerprint density at radius 2 is 2.04 bits per heavy atom. The van der Waals surface area contributed by atoms with Crippen LogP contribution in [0.4, 0.5) is 11.5 Å². The number of piperidine rings is 1. The molecule has 0 spiro atoms. The van der Waals surface area contributed by atoms with Gasteiger partial charge in [0.15, 0.2) is 0 Å². The molecular weight excluding hydrogens is 364 g/mol. The van der Waals surface area contributed by atoms with Gasteiger partial charge >= 0.3 is 0 Å². The molecule has 140 valence electrons. The fourth-order valence-corrected chi connectivity index (χ4v) is 4.04. The van der Waals surface area contributed by atoms with Gasteiger partial charge in [0.25, 0.3) is 5.56 Å². The Bertz CT molecular complexity index is 1040. The first kappa shape index (κ1) is 17.6. The summed E-state index contributed by atoms with van der Waals surface area (Å²) in [6, 6.07) is 8.85. The van der Waals surface area contributed by atoms with E-state index >= 15 is 0 Å². The Hall–Kier alpha value is -2.78. The van der Waals surface area contributed by atoms with Crippen LogP contribution in [0.5, 0.6) is 0 Å². The average molecular weight is 384 g/mol. The number of aromatic nitrogens is 3. The highest BCUT2D eigenvalue weighted by Crippen LogP contribution is 2.27. The lowest BCUT2D eigenvalue weighted by Crippen LogP contribution is -2.31. The summed E-state index contributed by atoms with van der Waals surface area (Å²) in [7, 11) is 0. The van der Waals surface area contributed by atoms with Gasteiger partial charge in [-0.2, -0.15) is 9.61 Å². The second-order valence-electron chi connectivity index (χ2n) is 6.43. The summed E-state index contributed by atoms with van der Waals surface area (Å²) < 4.78 is 1.33. The number of fused-ring (bicyclic) bond motifs is 1. The van der Waals surface area contributed by atoms with Crippen LogP contribution >= 0.6 is 11.3 Å². The number of rotatable bonds is 4. The molecule has 9 heteroatoms. The largest absolute Gasteiger partial charge is 0.356 e. The zero-order valence-corrected chi connectivity index (χ0v) is 15.5. The number of amides is 1. The molecule has 1 saturated heterocycles. The van der Waals surface area contributed by atoms with Gasteiger partial charge in [0.05, 0.1) is 6.54 Å². The SMILES string of the molecule is NCC(=O)Nc1cccc(-c2nn3c(=O)cc(N4CCCCC4)nc3s2)c1. The van der Waals surface area contributed by atoms with E-state index in [0.717, 1.165) is 37.3 Å². The molecule has 0 radical (unpaired) electrons. The third-order valence-electron chi connectivity index (χ3n) is 4.49. The number of nitrogens with two attached hydrogens (primary N) is 1. The molecule has 0 saturated carbocycles. The highest BCUT2D eigenvalue weighted by Gasteiger charge is 2.16. The average Bonchev–Trinajstić information content (AvgIpc) is 3.14. The predicted molar refractivity (Wildman–Crippen MR) is 106 cm³/mol. The summed E-state index contributed by atoms with van der Waals surface area (Å²) in [5.74, 6) is 0.458. The van der Waals surface area contributed by atoms with Gasteiger partial charge in [-0.3, -0.25) is 9.59 Å². The highest BCUT2D eigenvalue weighted by molar-refractivity contribution is 7.19. The molecule has 1 aliphatic heterocycles. The highest BCUT2D eigenvalue weighted by atomic mass is 32.1. The van der Waals surface area contributed by atoms with Gasteiger partial charge in [-0.1, -0.05) is 23.5 Å². The molecule has 8 nitrogen and oxygen atoms in total. The van der Waals surface area contributed by atoms with Crippen molar-refractivity contribution in [3.05, 3.63) is 40.7 Å². The second-order valence-corrected chi connectivity index (χ2v) is 7.39. The molecule has 27 heavy (non-hydrogen) atoms. The van der Waals surface area contributed by atoms with Crippen LogP contribution in [0.3, 0.4) is 0 Å². The molecule has 0 aliphatic carbocycles. The molecule has 4 rings (SSSR count). The lowest BCUT2D eigenvalue weighted by atomic mass is 10.1. The minimum absolute atomic E-state index is 0.0794. The Morgan fingerprint density at radius 1 is 1.22 bits per heavy atom. The number of anilines is 2. The number of hydrogen-bond acceptors (Lipinski definition) is 7. The fourth-order valence-electron chi connectivity index (χ4n) is 3.14. The number of hydrogen-bond donors (Lipinski definition) is 2. The molecule has 2 aromatic heterocycles. The molecule has 3 aromatic rings. The maximum Gasteiger partial charge on any atom is 0.277 e. The van der Waals surface area contributed by atoms with Gasteiger partial charge in [0.1, 0.15) is 10.8 Å². The third-order valence-corrected chi connectivity index (χ3v) is 5.45. The maximum atomic E-state index is 12.5. The van der Waals surface area contributed by atoms with Crippen LogP contribution in [-0.2, 0) is 4.79 Å². The summed E-state index contributed by atoms with van der Waals surface area (Å²) in [4.78, 5) is 31.4. The van der Waals surface area contributed by atoms with Crippen molar-refractivity contribution in [2.24, 2.45) is 5.73 Å². The quantitative estimate of drug-likeness (QED) is 0.709. The molecule has 0 atom stereocenters. The Labute approximate surface area is 159 Å². The van der Waals surface area contributed by atoms with Crippen molar-refractivity contribution < 1.29 is 4.79 Å². The van der Waals surface area contributed by atoms with Gasteiger partial charge in [-0.05, 0) is 31.4 Å². The molecule has 1 aromatic carbocycles. The molecule has 0 bridgehead atoms. The van der Waals surface area contributed by atoms with Crippen LogP contribution < -0.4 is 21.5 Å². The van der Waals surface area contributed by atoms with Crippen molar-refractivity contribution in [3.63, 3.8) is 0 Å². The van der Waals surface area contributed by atoms with Crippen LogP contribution in [-0.4, -0.2) is 40.1 Å². The summed E-state index contributed by atoms with van der Waals surface area (Å²) in [6.07, 6.45) is 3.46. The zero-order valence-electron chi connectivity index (χ0n) is 14.7. The fraction of sp³-hybridized carbons (Fsp3) is 0.333. The topological polar surface area (TPSA) is 106 Å². The number of nitrogens with zero attached hydrogens (tertiary/aromatic N) is 4. The first-order valence-corrected chi connectivity index (χ1v) is 9.72. The minimum Gasteiger partial charge on any atom is -0.356 e. The van der Waals surface area contributed by atoms with E-state index in [-0.39, 0.29) is 18.0 Å². The smallest absolute Gasteiger partial charge is 0.277 e. The van der Waals surface area contributed by atoms with Crippen molar-refractivity contribution in [1.29, 1.82) is 0 Å². The van der Waals surface area contributed by atoms with Crippen molar-refractivity contribution in [2.75, 3.05) is 29.9 Å². The second kappa shape index (κ2) is 7.45. The van der Waals surface area contributed by atoms with Crippen LogP contribution in [0, 0.1) is 0 Å². The van der Waals surface area contributed by atoms with Crippen LogP contribution in [0.15, 0.2) is 35.1 Å². The molecule has 3 heterocycles. The van der Waals surface area contributed by atoms with Gasteiger partial charge in [-0.15, -0.1) is 0 Å². The molecule has 3 N–H and O–H groups in total. The van der Waals surface area contributed by atoms with E-state index in [1.54, 1.807) is 12.1 Å². The van der Waals surface area contributed by atoms with Crippen molar-refractivity contribution in [2.45, 2.75) is 19.3 Å². The number of nitrogens with one attached hydrogen (secondary N) is 1. The predicted octanol–water partition coefficient (Wildman–Crippen LogP) is 1.71. The summed E-state index contributed by atoms with van der Waals surface area (Å²) >= 11 is 1.35. The van der Waals surface area contributed by atoms with Crippen LogP contribution in [0.25, 0.3) is 15.5 Å². The Kier molecular flexibility index (Phi) is 4.87. The van der Waals surface area contributed by atoms with E-state index in [0.29, 0.717) is 15.7 Å². The monoisotopic (exact) mass is 384 g/mol. The van der Waals surface area contributed by atoms with Crippen LogP contribution in [0.2, 0.25) is 0 Å². The number of benzene rings is 1. The van der Waals surface area contributed by atoms with Gasteiger partial charge in [-0.25, -0.2) is 4.98 Å². The van der Waals surface area contributed by atoms with E-state index in [1.807, 2.05) is 18.2 Å². The zero-order chi connectivity index (χ0) is 18.8. The molecule has 1 amide bonds. The summed E-state index contributed by atoms with van der Waals surface area (Å²) in [6.45, 7) is 1.78. The van der Waals surface area contributed by atoms with E-state index < -0.39 is 0 Å². The van der Waals surface area contributed by atoms with Gasteiger partial charge < -0.3 is 16.0 Å². The normalized spacial score (nSPS) is 14.5. The molecule has 1 aliphatic rings. The molecule has 0 unspecified atom stereocenters. The van der Waals surface area contributed by atoms with Crippen molar-refractivity contribution in [3.8, 4) is 10.6 Å². The minimum atomic E-state index is -0.263.